The third kappa shape index (κ3) is 7.88. The van der Waals surface area contributed by atoms with Crippen molar-refractivity contribution >= 4 is 143 Å². The molecule has 0 aromatic heterocycles. The van der Waals surface area contributed by atoms with Gasteiger partial charge in [-0.1, -0.05) is 194 Å². The van der Waals surface area contributed by atoms with Gasteiger partial charge in [-0.05, 0) is 167 Å². The highest BCUT2D eigenvalue weighted by atomic mass is 32.2. The first-order chi connectivity index (χ1) is 41.6. The minimum Gasteiger partial charge on any atom is -0.311 e. The third-order valence-electron chi connectivity index (χ3n) is 17.2. The summed E-state index contributed by atoms with van der Waals surface area (Å²) in [5.74, 6) is 0. The van der Waals surface area contributed by atoms with E-state index in [2.05, 4.69) is 317 Å². The lowest BCUT2D eigenvalue weighted by atomic mass is 9.30. The Bertz CT molecular complexity index is 4380. The van der Waals surface area contributed by atoms with Crippen molar-refractivity contribution in [3.8, 4) is 0 Å². The van der Waals surface area contributed by atoms with Crippen LogP contribution in [-0.2, 0) is 6.42 Å². The summed E-state index contributed by atoms with van der Waals surface area (Å²) >= 11 is 1.89. The van der Waals surface area contributed by atoms with Crippen LogP contribution in [0.3, 0.4) is 0 Å². The van der Waals surface area contributed by atoms with E-state index in [9.17, 15) is 1.37 Å². The van der Waals surface area contributed by atoms with Gasteiger partial charge in [-0.2, -0.15) is 0 Å². The normalized spacial score (nSPS) is 13.2. The fourth-order valence-corrected chi connectivity index (χ4v) is 14.9. The van der Waals surface area contributed by atoms with Gasteiger partial charge in [0.2, 0.25) is 6.71 Å². The highest BCUT2D eigenvalue weighted by Crippen LogP contribution is 2.52. The van der Waals surface area contributed by atoms with Gasteiger partial charge in [0.25, 0.3) is 6.71 Å². The van der Waals surface area contributed by atoms with Gasteiger partial charge in [0, 0.05) is 85.1 Å². The Morgan fingerprint density at radius 3 is 1.35 bits per heavy atom. The molecule has 0 spiro atoms. The minimum absolute atomic E-state index is 0.0861. The van der Waals surface area contributed by atoms with Gasteiger partial charge in [-0.15, -0.1) is 0 Å². The molecule has 0 N–H and O–H groups in total. The molecule has 83 heavy (non-hydrogen) atoms. The highest BCUT2D eigenvalue weighted by Gasteiger charge is 2.48. The molecule has 16 rings (SSSR count). The molecule has 0 bridgehead atoms. The summed E-state index contributed by atoms with van der Waals surface area (Å²) in [5, 5.41) is 0. The monoisotopic (exact) mass is 1080 g/mol. The first-order valence-electron chi connectivity index (χ1n) is 29.4. The molecule has 5 nitrogen and oxygen atoms in total. The maximum absolute atomic E-state index is 9.39. The van der Waals surface area contributed by atoms with Crippen LogP contribution in [0.1, 0.15) is 19.4 Å². The second-order valence-electron chi connectivity index (χ2n) is 21.8. The quantitative estimate of drug-likeness (QED) is 0.126. The molecule has 392 valence electrons. The van der Waals surface area contributed by atoms with Gasteiger partial charge in [-0.3, -0.25) is 0 Å². The molecule has 0 unspecified atom stereocenters. The lowest BCUT2D eigenvalue weighted by Gasteiger charge is -2.47. The topological polar surface area (TPSA) is 16.2 Å². The van der Waals surface area contributed by atoms with Crippen LogP contribution in [-0.4, -0.2) is 13.4 Å². The summed E-state index contributed by atoms with van der Waals surface area (Å²) in [6, 6.07) is 105. The van der Waals surface area contributed by atoms with Crippen LogP contribution >= 0.6 is 11.8 Å². The number of hydrogen-bond donors (Lipinski definition) is 0. The fourth-order valence-electron chi connectivity index (χ4n) is 13.7. The summed E-state index contributed by atoms with van der Waals surface area (Å²) in [7, 11) is 0. The van der Waals surface area contributed by atoms with E-state index in [1.54, 1.807) is 0 Å². The number of aryl methyl sites for hydroxylation is 2. The van der Waals surface area contributed by atoms with E-state index in [4.69, 9.17) is 0 Å². The van der Waals surface area contributed by atoms with E-state index in [-0.39, 0.29) is 20.3 Å². The zero-order valence-corrected chi connectivity index (χ0v) is 46.7. The largest absolute Gasteiger partial charge is 0.311 e. The average molecular weight is 1080 g/mol. The van der Waals surface area contributed by atoms with Crippen LogP contribution in [0.25, 0.3) is 0 Å². The molecule has 0 saturated carbocycles. The average Bonchev–Trinajstić information content (AvgIpc) is 0.882. The van der Waals surface area contributed by atoms with E-state index in [0.29, 0.717) is 0 Å². The second kappa shape index (κ2) is 20.0. The fraction of sp³-hybridized carbons (Fsp3) is 0.0400. The summed E-state index contributed by atoms with van der Waals surface area (Å²) in [5.41, 5.74) is 26.2. The van der Waals surface area contributed by atoms with E-state index in [1.165, 1.54) is 48.1 Å². The summed E-state index contributed by atoms with van der Waals surface area (Å²) in [6.45, 7) is 2.13. The number of hydrogen-bond acceptors (Lipinski definition) is 6. The van der Waals surface area contributed by atoms with Gasteiger partial charge in [0.05, 0.1) is 11.4 Å². The number of fused-ring (bicyclic) bond motifs is 8. The molecule has 0 fully saturated rings. The van der Waals surface area contributed by atoms with Gasteiger partial charge < -0.3 is 24.5 Å². The van der Waals surface area contributed by atoms with Crippen LogP contribution in [0.2, 0.25) is 0 Å². The standard InChI is InChI=1S/C75H55B2N5S/c1-3-52-28-26-27-51(2)75(52)82-67-50-66-63(77-62-42-23-25-44-71(62)83-72-48-60(47-70(74(72)77)81(66)58-39-20-9-21-40-58)79(55-33-14-6-15-34-55)56-35-16-7-17-36-56)49-64(67)76-61-41-22-24-43-65(61)80(57-37-18-8-19-38-57)68-45-59(46-69(82)73(68)76)78(53-29-10-4-11-30-53)54-31-12-5-13-32-54/h4-50H,3H2,1-2H3/i2D. The van der Waals surface area contributed by atoms with E-state index >= 15 is 0 Å². The molecular formula is C75H55B2N5S. The Morgan fingerprint density at radius 2 is 0.795 bits per heavy atom. The third-order valence-corrected chi connectivity index (χ3v) is 18.3. The molecule has 4 aliphatic heterocycles. The van der Waals surface area contributed by atoms with Crippen molar-refractivity contribution in [2.75, 3.05) is 24.5 Å². The van der Waals surface area contributed by atoms with Crippen LogP contribution in [0.5, 0.6) is 0 Å². The molecule has 0 saturated heterocycles. The summed E-state index contributed by atoms with van der Waals surface area (Å²) in [4.78, 5) is 15.0. The molecule has 12 aromatic rings. The number of para-hydroxylation sites is 8. The second-order valence-corrected chi connectivity index (χ2v) is 22.9. The number of nitrogens with zero attached hydrogens (tertiary/aromatic N) is 5. The molecule has 0 aliphatic carbocycles. The molecule has 8 heteroatoms. The van der Waals surface area contributed by atoms with Crippen LogP contribution < -0.4 is 57.3 Å². The number of rotatable bonds is 10. The Kier molecular flexibility index (Phi) is 11.5. The number of benzene rings is 12. The van der Waals surface area contributed by atoms with Gasteiger partial charge in [0.15, 0.2) is 0 Å². The molecule has 0 radical (unpaired) electrons. The summed E-state index contributed by atoms with van der Waals surface area (Å²) < 4.78 is 9.39. The molecule has 0 atom stereocenters. The Hall–Kier alpha value is -9.88. The van der Waals surface area contributed by atoms with Gasteiger partial charge in [-0.25, -0.2) is 0 Å². The first kappa shape index (κ1) is 47.9. The molecule has 0 amide bonds. The highest BCUT2D eigenvalue weighted by molar-refractivity contribution is 8.00. The van der Waals surface area contributed by atoms with Crippen molar-refractivity contribution in [2.45, 2.75) is 30.0 Å². The number of anilines is 15. The van der Waals surface area contributed by atoms with Gasteiger partial charge >= 0.3 is 0 Å². The van der Waals surface area contributed by atoms with Crippen LogP contribution in [0.15, 0.2) is 295 Å². The lowest BCUT2D eigenvalue weighted by Crippen LogP contribution is -2.64. The lowest BCUT2D eigenvalue weighted by molar-refractivity contribution is 1.10. The first-order valence-corrected chi connectivity index (χ1v) is 29.6. The van der Waals surface area contributed by atoms with Crippen molar-refractivity contribution in [3.63, 3.8) is 0 Å². The van der Waals surface area contributed by atoms with Crippen molar-refractivity contribution in [3.05, 3.63) is 296 Å². The zero-order valence-electron chi connectivity index (χ0n) is 46.8. The van der Waals surface area contributed by atoms with Crippen molar-refractivity contribution in [1.82, 2.24) is 0 Å². The van der Waals surface area contributed by atoms with Crippen molar-refractivity contribution in [2.24, 2.45) is 0 Å². The van der Waals surface area contributed by atoms with E-state index in [0.717, 1.165) is 97.3 Å². The van der Waals surface area contributed by atoms with Crippen molar-refractivity contribution in [1.29, 1.82) is 0 Å². The molecule has 4 heterocycles. The smallest absolute Gasteiger partial charge is 0.252 e. The minimum atomic E-state index is -0.168. The van der Waals surface area contributed by atoms with E-state index < -0.39 is 0 Å². The Morgan fingerprint density at radius 1 is 0.349 bits per heavy atom. The maximum atomic E-state index is 9.39. The molecule has 4 aliphatic rings. The van der Waals surface area contributed by atoms with E-state index in [1.807, 2.05) is 11.8 Å². The molecule has 12 aromatic carbocycles. The van der Waals surface area contributed by atoms with Crippen LogP contribution in [0.4, 0.5) is 85.3 Å². The predicted molar refractivity (Wildman–Crippen MR) is 354 cm³/mol. The molecular weight excluding hydrogens is 1020 g/mol. The summed E-state index contributed by atoms with van der Waals surface area (Å²) in [6.07, 6.45) is 0.787. The SMILES string of the molecule is [2H]Cc1cccc(CC)c1N1c2cc3c(cc2B2c4ccccc4N(c4ccccc4)c4cc(N(c5ccccc5)c5ccccc5)cc1c42)B1c2ccccc2Sc2cc(N(c4ccccc4)c4ccccc4)cc(c21)N3c1ccccc1. The van der Waals surface area contributed by atoms with Crippen LogP contribution in [0, 0.1) is 6.90 Å². The zero-order chi connectivity index (χ0) is 55.8. The van der Waals surface area contributed by atoms with Gasteiger partial charge in [0.1, 0.15) is 0 Å². The Labute approximate surface area is 492 Å². The Balaban J connectivity index is 1.04. The maximum Gasteiger partial charge on any atom is 0.252 e. The predicted octanol–water partition coefficient (Wildman–Crippen LogP) is 16.3. The van der Waals surface area contributed by atoms with Crippen molar-refractivity contribution < 1.29 is 1.37 Å².